The standard InChI is InChI=1S/C42H26N2S/c1-2-11-30(12-3-1)41-36-26-31(24-25-37(36)43-42(44-41)34-17-8-13-28-10-4-5-14-32(28)34)27-20-22-29(23-21-27)33-16-9-19-39-40(33)35-15-6-7-18-38(35)45-39/h1-26H. The zero-order valence-corrected chi connectivity index (χ0v) is 25.1. The lowest BCUT2D eigenvalue weighted by atomic mass is 9.96. The van der Waals surface area contributed by atoms with Gasteiger partial charge in [0.1, 0.15) is 0 Å². The van der Waals surface area contributed by atoms with E-state index in [1.165, 1.54) is 42.2 Å². The smallest absolute Gasteiger partial charge is 0.161 e. The van der Waals surface area contributed by atoms with Crippen LogP contribution in [0.5, 0.6) is 0 Å². The number of hydrogen-bond acceptors (Lipinski definition) is 3. The first-order valence-electron chi connectivity index (χ1n) is 15.2. The molecule has 0 radical (unpaired) electrons. The van der Waals surface area contributed by atoms with Crippen LogP contribution in [0.2, 0.25) is 0 Å². The third-order valence-corrected chi connectivity index (χ3v) is 9.84. The molecule has 0 aliphatic carbocycles. The topological polar surface area (TPSA) is 25.8 Å². The maximum atomic E-state index is 5.22. The Morgan fingerprint density at radius 2 is 1.07 bits per heavy atom. The van der Waals surface area contributed by atoms with Crippen molar-refractivity contribution < 1.29 is 0 Å². The molecule has 9 aromatic rings. The number of hydrogen-bond donors (Lipinski definition) is 0. The Hall–Kier alpha value is -5.64. The normalized spacial score (nSPS) is 11.6. The third kappa shape index (κ3) is 4.40. The lowest BCUT2D eigenvalue weighted by Crippen LogP contribution is -1.96. The Kier molecular flexibility index (Phi) is 6.03. The maximum absolute atomic E-state index is 5.22. The molecule has 0 unspecified atom stereocenters. The first kappa shape index (κ1) is 25.8. The van der Waals surface area contributed by atoms with Crippen LogP contribution in [0.15, 0.2) is 158 Å². The summed E-state index contributed by atoms with van der Waals surface area (Å²) in [6.45, 7) is 0. The lowest BCUT2D eigenvalue weighted by molar-refractivity contribution is 1.23. The van der Waals surface area contributed by atoms with Gasteiger partial charge in [0.2, 0.25) is 0 Å². The highest BCUT2D eigenvalue weighted by atomic mass is 32.1. The lowest BCUT2D eigenvalue weighted by Gasteiger charge is -2.13. The number of rotatable bonds is 4. The molecular formula is C42H26N2S. The highest BCUT2D eigenvalue weighted by Gasteiger charge is 2.15. The molecule has 0 amide bonds. The molecule has 0 fully saturated rings. The molecule has 0 N–H and O–H groups in total. The van der Waals surface area contributed by atoms with Crippen molar-refractivity contribution in [3.63, 3.8) is 0 Å². The summed E-state index contributed by atoms with van der Waals surface area (Å²) in [5.41, 5.74) is 8.81. The van der Waals surface area contributed by atoms with Gasteiger partial charge in [-0.1, -0.05) is 133 Å². The van der Waals surface area contributed by atoms with E-state index in [4.69, 9.17) is 9.97 Å². The molecule has 210 valence electrons. The molecule has 2 aromatic heterocycles. The molecule has 0 atom stereocenters. The zero-order valence-electron chi connectivity index (χ0n) is 24.3. The SMILES string of the molecule is c1ccc(-c2nc(-c3cccc4ccccc34)nc3ccc(-c4ccc(-c5cccc6sc7ccccc7c56)cc4)cc23)cc1. The number of aromatic nitrogens is 2. The summed E-state index contributed by atoms with van der Waals surface area (Å²) < 4.78 is 2.65. The second-order valence-corrected chi connectivity index (χ2v) is 12.5. The second-order valence-electron chi connectivity index (χ2n) is 11.4. The van der Waals surface area contributed by atoms with Crippen LogP contribution < -0.4 is 0 Å². The predicted octanol–water partition coefficient (Wildman–Crippen LogP) is 11.8. The zero-order chi connectivity index (χ0) is 29.7. The molecule has 0 spiro atoms. The number of benzene rings is 7. The van der Waals surface area contributed by atoms with E-state index in [-0.39, 0.29) is 0 Å². The van der Waals surface area contributed by atoms with E-state index < -0.39 is 0 Å². The van der Waals surface area contributed by atoms with Gasteiger partial charge in [-0.25, -0.2) is 9.97 Å². The van der Waals surface area contributed by atoms with Crippen LogP contribution in [0.1, 0.15) is 0 Å². The molecule has 2 heterocycles. The van der Waals surface area contributed by atoms with Crippen molar-refractivity contribution in [3.05, 3.63) is 158 Å². The average molecular weight is 591 g/mol. The van der Waals surface area contributed by atoms with E-state index in [2.05, 4.69) is 152 Å². The summed E-state index contributed by atoms with van der Waals surface area (Å²) in [5, 5.41) is 6.04. The molecule has 0 saturated heterocycles. The summed E-state index contributed by atoms with van der Waals surface area (Å²) in [7, 11) is 0. The number of nitrogens with zero attached hydrogens (tertiary/aromatic N) is 2. The Morgan fingerprint density at radius 3 is 1.96 bits per heavy atom. The number of thiophene rings is 1. The quantitative estimate of drug-likeness (QED) is 0.204. The van der Waals surface area contributed by atoms with Crippen molar-refractivity contribution in [2.45, 2.75) is 0 Å². The Bertz CT molecular complexity index is 2520. The van der Waals surface area contributed by atoms with Gasteiger partial charge in [0.05, 0.1) is 11.2 Å². The molecule has 0 aliphatic rings. The van der Waals surface area contributed by atoms with Gasteiger partial charge >= 0.3 is 0 Å². The van der Waals surface area contributed by atoms with Gasteiger partial charge in [0.15, 0.2) is 5.82 Å². The van der Waals surface area contributed by atoms with Crippen LogP contribution in [0.4, 0.5) is 0 Å². The van der Waals surface area contributed by atoms with Crippen LogP contribution >= 0.6 is 11.3 Å². The number of fused-ring (bicyclic) bond motifs is 5. The molecule has 3 heteroatoms. The minimum Gasteiger partial charge on any atom is -0.228 e. The van der Waals surface area contributed by atoms with Gasteiger partial charge in [-0.15, -0.1) is 11.3 Å². The molecule has 45 heavy (non-hydrogen) atoms. The van der Waals surface area contributed by atoms with E-state index in [9.17, 15) is 0 Å². The maximum Gasteiger partial charge on any atom is 0.161 e. The highest BCUT2D eigenvalue weighted by molar-refractivity contribution is 7.25. The highest BCUT2D eigenvalue weighted by Crippen LogP contribution is 2.40. The van der Waals surface area contributed by atoms with Gasteiger partial charge in [0.25, 0.3) is 0 Å². The van der Waals surface area contributed by atoms with Crippen molar-refractivity contribution in [1.29, 1.82) is 0 Å². The van der Waals surface area contributed by atoms with Gasteiger partial charge in [-0.2, -0.15) is 0 Å². The van der Waals surface area contributed by atoms with Gasteiger partial charge < -0.3 is 0 Å². The summed E-state index contributed by atoms with van der Waals surface area (Å²) in [6.07, 6.45) is 0. The summed E-state index contributed by atoms with van der Waals surface area (Å²) in [4.78, 5) is 10.3. The van der Waals surface area contributed by atoms with Gasteiger partial charge in [0, 0.05) is 36.7 Å². The first-order valence-corrected chi connectivity index (χ1v) is 16.0. The van der Waals surface area contributed by atoms with Crippen molar-refractivity contribution in [2.75, 3.05) is 0 Å². The Labute approximate surface area is 264 Å². The predicted molar refractivity (Wildman–Crippen MR) is 192 cm³/mol. The van der Waals surface area contributed by atoms with Crippen molar-refractivity contribution in [1.82, 2.24) is 9.97 Å². The first-order chi connectivity index (χ1) is 22.3. The van der Waals surface area contributed by atoms with Gasteiger partial charge in [-0.05, 0) is 57.3 Å². The van der Waals surface area contributed by atoms with Crippen LogP contribution in [0.25, 0.3) is 86.7 Å². The third-order valence-electron chi connectivity index (χ3n) is 8.71. The Balaban J connectivity index is 1.17. The van der Waals surface area contributed by atoms with Crippen LogP contribution in [0, 0.1) is 0 Å². The minimum atomic E-state index is 0.741. The molecular weight excluding hydrogens is 565 g/mol. The second kappa shape index (κ2) is 10.5. The van der Waals surface area contributed by atoms with Crippen molar-refractivity contribution in [3.8, 4) is 44.9 Å². The largest absolute Gasteiger partial charge is 0.228 e. The molecule has 0 saturated carbocycles. The van der Waals surface area contributed by atoms with Crippen LogP contribution in [0.3, 0.4) is 0 Å². The summed E-state index contributed by atoms with van der Waals surface area (Å²) >= 11 is 1.86. The summed E-state index contributed by atoms with van der Waals surface area (Å²) in [5.74, 6) is 0.741. The van der Waals surface area contributed by atoms with Crippen molar-refractivity contribution in [2.24, 2.45) is 0 Å². The average Bonchev–Trinajstić information content (AvgIpc) is 3.50. The minimum absolute atomic E-state index is 0.741. The van der Waals surface area contributed by atoms with Crippen molar-refractivity contribution >= 4 is 53.2 Å². The van der Waals surface area contributed by atoms with E-state index in [0.29, 0.717) is 0 Å². The van der Waals surface area contributed by atoms with E-state index in [1.807, 2.05) is 17.4 Å². The molecule has 0 aliphatic heterocycles. The Morgan fingerprint density at radius 1 is 0.400 bits per heavy atom. The van der Waals surface area contributed by atoms with Crippen LogP contribution in [-0.2, 0) is 0 Å². The molecule has 0 bridgehead atoms. The fourth-order valence-electron chi connectivity index (χ4n) is 6.52. The van der Waals surface area contributed by atoms with E-state index >= 15 is 0 Å². The molecule has 9 rings (SSSR count). The summed E-state index contributed by atoms with van der Waals surface area (Å²) in [6, 6.07) is 56.1. The molecule has 7 aromatic carbocycles. The van der Waals surface area contributed by atoms with Gasteiger partial charge in [-0.3, -0.25) is 0 Å². The fraction of sp³-hybridized carbons (Fsp3) is 0. The van der Waals surface area contributed by atoms with Crippen LogP contribution in [-0.4, -0.2) is 9.97 Å². The fourth-order valence-corrected chi connectivity index (χ4v) is 7.65. The molecule has 2 nitrogen and oxygen atoms in total. The van der Waals surface area contributed by atoms with E-state index in [1.54, 1.807) is 0 Å². The van der Waals surface area contributed by atoms with E-state index in [0.717, 1.165) is 44.5 Å². The monoisotopic (exact) mass is 590 g/mol.